The molecule has 1 rings (SSSR count). The molecule has 1 atom stereocenters. The number of aromatic amines is 1. The Bertz CT molecular complexity index is 244. The van der Waals surface area contributed by atoms with Crippen molar-refractivity contribution in [3.63, 3.8) is 0 Å². The predicted octanol–water partition coefficient (Wildman–Crippen LogP) is 3.42. The molecule has 2 N–H and O–H groups in total. The molecule has 0 aliphatic rings. The quantitative estimate of drug-likeness (QED) is 0.630. The van der Waals surface area contributed by atoms with Crippen LogP contribution in [0.1, 0.15) is 64.2 Å². The molecule has 0 aliphatic heterocycles. The van der Waals surface area contributed by atoms with E-state index in [-0.39, 0.29) is 0 Å². The largest absolute Gasteiger partial charge is 0.347 e. The second-order valence-corrected chi connectivity index (χ2v) is 4.29. The maximum absolute atomic E-state index is 4.33. The molecule has 0 bridgehead atoms. The van der Waals surface area contributed by atoms with Crippen LogP contribution in [-0.2, 0) is 0 Å². The zero-order valence-corrected chi connectivity index (χ0v) is 10.6. The van der Waals surface area contributed by atoms with Gasteiger partial charge in [-0.1, -0.05) is 46.0 Å². The third-order valence-corrected chi connectivity index (χ3v) is 2.90. The van der Waals surface area contributed by atoms with Crippen molar-refractivity contribution < 1.29 is 0 Å². The average Bonchev–Trinajstić information content (AvgIpc) is 2.81. The van der Waals surface area contributed by atoms with E-state index in [0.29, 0.717) is 6.04 Å². The number of aromatic nitrogens is 2. The van der Waals surface area contributed by atoms with Gasteiger partial charge in [-0.15, -0.1) is 0 Å². The van der Waals surface area contributed by atoms with Crippen molar-refractivity contribution in [2.45, 2.75) is 58.4 Å². The highest BCUT2D eigenvalue weighted by Crippen LogP contribution is 2.16. The number of H-pyrrole nitrogens is 1. The Labute approximate surface area is 99.1 Å². The summed E-state index contributed by atoms with van der Waals surface area (Å²) in [5, 5.41) is 3.48. The summed E-state index contributed by atoms with van der Waals surface area (Å²) < 4.78 is 0. The van der Waals surface area contributed by atoms with Crippen LogP contribution in [0.3, 0.4) is 0 Å². The van der Waals surface area contributed by atoms with Gasteiger partial charge < -0.3 is 10.3 Å². The first-order valence-electron chi connectivity index (χ1n) is 6.61. The summed E-state index contributed by atoms with van der Waals surface area (Å²) >= 11 is 0. The van der Waals surface area contributed by atoms with Crippen LogP contribution >= 0.6 is 0 Å². The summed E-state index contributed by atoms with van der Waals surface area (Å²) in [6.07, 6.45) is 11.6. The van der Waals surface area contributed by atoms with Gasteiger partial charge in [0.15, 0.2) is 0 Å². The second-order valence-electron chi connectivity index (χ2n) is 4.29. The number of rotatable bonds is 9. The van der Waals surface area contributed by atoms with Gasteiger partial charge in [0.1, 0.15) is 5.82 Å². The minimum Gasteiger partial charge on any atom is -0.347 e. The standard InChI is InChI=1S/C13H25N3/c1-3-5-6-7-8-9-12(14-4-2)13-15-10-11-16-13/h10-12,14H,3-9H2,1-2H3,(H,15,16). The smallest absolute Gasteiger partial charge is 0.123 e. The van der Waals surface area contributed by atoms with Crippen LogP contribution in [0, 0.1) is 0 Å². The van der Waals surface area contributed by atoms with Gasteiger partial charge in [-0.05, 0) is 13.0 Å². The molecule has 3 nitrogen and oxygen atoms in total. The number of imidazole rings is 1. The molecule has 0 fully saturated rings. The fraction of sp³-hybridized carbons (Fsp3) is 0.769. The van der Waals surface area contributed by atoms with Crippen LogP contribution in [0.4, 0.5) is 0 Å². The third kappa shape index (κ3) is 4.79. The Morgan fingerprint density at radius 2 is 2.06 bits per heavy atom. The lowest BCUT2D eigenvalue weighted by atomic mass is 10.1. The Morgan fingerprint density at radius 1 is 1.25 bits per heavy atom. The number of nitrogens with zero attached hydrogens (tertiary/aromatic N) is 1. The van der Waals surface area contributed by atoms with Crippen LogP contribution in [-0.4, -0.2) is 16.5 Å². The van der Waals surface area contributed by atoms with Crippen molar-refractivity contribution in [3.8, 4) is 0 Å². The molecule has 1 aromatic heterocycles. The predicted molar refractivity (Wildman–Crippen MR) is 68.4 cm³/mol. The van der Waals surface area contributed by atoms with E-state index < -0.39 is 0 Å². The molecule has 1 unspecified atom stereocenters. The van der Waals surface area contributed by atoms with E-state index >= 15 is 0 Å². The molecule has 1 heterocycles. The molecule has 0 aliphatic carbocycles. The fourth-order valence-corrected chi connectivity index (χ4v) is 2.00. The Kier molecular flexibility index (Phi) is 6.90. The van der Waals surface area contributed by atoms with Gasteiger partial charge >= 0.3 is 0 Å². The molecule has 0 radical (unpaired) electrons. The van der Waals surface area contributed by atoms with E-state index in [2.05, 4.69) is 29.1 Å². The van der Waals surface area contributed by atoms with Gasteiger partial charge in [0.2, 0.25) is 0 Å². The molecule has 0 aromatic carbocycles. The summed E-state index contributed by atoms with van der Waals surface area (Å²) in [4.78, 5) is 7.53. The van der Waals surface area contributed by atoms with Crippen molar-refractivity contribution in [1.29, 1.82) is 0 Å². The first-order valence-corrected chi connectivity index (χ1v) is 6.61. The molecular weight excluding hydrogens is 198 g/mol. The lowest BCUT2D eigenvalue weighted by Gasteiger charge is -2.15. The van der Waals surface area contributed by atoms with Crippen molar-refractivity contribution in [2.75, 3.05) is 6.54 Å². The second kappa shape index (κ2) is 8.34. The number of nitrogens with one attached hydrogen (secondary N) is 2. The van der Waals surface area contributed by atoms with Crippen LogP contribution in [0.2, 0.25) is 0 Å². The maximum Gasteiger partial charge on any atom is 0.123 e. The molecule has 1 aromatic rings. The highest BCUT2D eigenvalue weighted by atomic mass is 15.0. The fourth-order valence-electron chi connectivity index (χ4n) is 2.00. The Morgan fingerprint density at radius 3 is 2.69 bits per heavy atom. The summed E-state index contributed by atoms with van der Waals surface area (Å²) in [6, 6.07) is 0.404. The van der Waals surface area contributed by atoms with E-state index in [0.717, 1.165) is 12.4 Å². The van der Waals surface area contributed by atoms with Gasteiger partial charge in [0.05, 0.1) is 6.04 Å². The Hall–Kier alpha value is -0.830. The maximum atomic E-state index is 4.33. The van der Waals surface area contributed by atoms with Crippen molar-refractivity contribution in [3.05, 3.63) is 18.2 Å². The first kappa shape index (κ1) is 13.2. The number of unbranched alkanes of at least 4 members (excludes halogenated alkanes) is 4. The first-order chi connectivity index (χ1) is 7.88. The summed E-state index contributed by atoms with van der Waals surface area (Å²) in [5.74, 6) is 1.08. The lowest BCUT2D eigenvalue weighted by molar-refractivity contribution is 0.463. The minimum absolute atomic E-state index is 0.404. The summed E-state index contributed by atoms with van der Waals surface area (Å²) in [5.41, 5.74) is 0. The van der Waals surface area contributed by atoms with Crippen LogP contribution in [0.15, 0.2) is 12.4 Å². The van der Waals surface area contributed by atoms with Gasteiger partial charge in [0, 0.05) is 12.4 Å². The number of hydrogen-bond donors (Lipinski definition) is 2. The highest BCUT2D eigenvalue weighted by molar-refractivity contribution is 4.95. The molecule has 16 heavy (non-hydrogen) atoms. The summed E-state index contributed by atoms with van der Waals surface area (Å²) in [7, 11) is 0. The lowest BCUT2D eigenvalue weighted by Crippen LogP contribution is -2.21. The van der Waals surface area contributed by atoms with Crippen LogP contribution in [0.5, 0.6) is 0 Å². The van der Waals surface area contributed by atoms with Gasteiger partial charge in [0.25, 0.3) is 0 Å². The minimum atomic E-state index is 0.404. The molecule has 0 spiro atoms. The monoisotopic (exact) mass is 223 g/mol. The van der Waals surface area contributed by atoms with Crippen molar-refractivity contribution in [2.24, 2.45) is 0 Å². The van der Waals surface area contributed by atoms with E-state index in [1.54, 1.807) is 0 Å². The SMILES string of the molecule is CCCCCCCC(NCC)c1ncc[nH]1. The molecule has 0 saturated heterocycles. The van der Waals surface area contributed by atoms with Gasteiger partial charge in [-0.3, -0.25) is 0 Å². The molecule has 0 saturated carbocycles. The average molecular weight is 223 g/mol. The molecule has 3 heteroatoms. The Balaban J connectivity index is 2.24. The topological polar surface area (TPSA) is 40.7 Å². The van der Waals surface area contributed by atoms with Gasteiger partial charge in [-0.25, -0.2) is 4.98 Å². The van der Waals surface area contributed by atoms with Crippen LogP contribution in [0.25, 0.3) is 0 Å². The van der Waals surface area contributed by atoms with E-state index in [1.165, 1.54) is 38.5 Å². The van der Waals surface area contributed by atoms with E-state index in [9.17, 15) is 0 Å². The van der Waals surface area contributed by atoms with Crippen LogP contribution < -0.4 is 5.32 Å². The third-order valence-electron chi connectivity index (χ3n) is 2.90. The number of hydrogen-bond acceptors (Lipinski definition) is 2. The van der Waals surface area contributed by atoms with E-state index in [1.807, 2.05) is 12.4 Å². The molecule has 92 valence electrons. The molecule has 0 amide bonds. The zero-order valence-electron chi connectivity index (χ0n) is 10.6. The molecular formula is C13H25N3. The highest BCUT2D eigenvalue weighted by Gasteiger charge is 2.11. The zero-order chi connectivity index (χ0) is 11.6. The van der Waals surface area contributed by atoms with Crippen molar-refractivity contribution in [1.82, 2.24) is 15.3 Å². The van der Waals surface area contributed by atoms with Gasteiger partial charge in [-0.2, -0.15) is 0 Å². The van der Waals surface area contributed by atoms with E-state index in [4.69, 9.17) is 0 Å². The summed E-state index contributed by atoms with van der Waals surface area (Å²) in [6.45, 7) is 5.40. The van der Waals surface area contributed by atoms with Crippen molar-refractivity contribution >= 4 is 0 Å². The normalized spacial score (nSPS) is 12.9.